The smallest absolute Gasteiger partial charge is 0.192 e. The van der Waals surface area contributed by atoms with Crippen molar-refractivity contribution in [3.63, 3.8) is 0 Å². The number of Topliss-reactive ketones (excluding diaryl/α,β-unsaturated/α-hetero) is 1. The normalized spacial score (nSPS) is 9.45. The topological polar surface area (TPSA) is 39.1 Å². The average Bonchev–Trinajstić information content (AvgIpc) is 2.89. The van der Waals surface area contributed by atoms with Gasteiger partial charge < -0.3 is 4.57 Å². The average molecular weight is 532 g/mol. The number of hydrogen-bond donors (Lipinski definition) is 0. The first-order valence-corrected chi connectivity index (χ1v) is 14.4. The molecule has 0 N–H and O–H groups in total. The van der Waals surface area contributed by atoms with Gasteiger partial charge in [-0.1, -0.05) is 102 Å². The van der Waals surface area contributed by atoms with Crippen LogP contribution in [-0.2, 0) is 6.54 Å². The Balaban J connectivity index is -0.000000416. The van der Waals surface area contributed by atoms with Gasteiger partial charge in [-0.05, 0) is 62.0 Å². The Hall–Kier alpha value is -2.75. The summed E-state index contributed by atoms with van der Waals surface area (Å²) in [6.45, 7) is 34.3. The summed E-state index contributed by atoms with van der Waals surface area (Å²) in [4.78, 5) is 23.9. The van der Waals surface area contributed by atoms with Gasteiger partial charge in [0, 0.05) is 30.1 Å². The molecule has 2 aromatic rings. The van der Waals surface area contributed by atoms with Crippen LogP contribution in [0.15, 0.2) is 47.9 Å². The number of ketones is 1. The minimum atomic E-state index is -0.322. The molecule has 0 amide bonds. The summed E-state index contributed by atoms with van der Waals surface area (Å²) in [5.74, 6) is 0.261. The Morgan fingerprint density at radius 1 is 1.00 bits per heavy atom. The van der Waals surface area contributed by atoms with Crippen LogP contribution in [0.25, 0.3) is 11.1 Å². The van der Waals surface area contributed by atoms with Gasteiger partial charge in [0.15, 0.2) is 11.2 Å². The molecule has 38 heavy (non-hydrogen) atoms. The van der Waals surface area contributed by atoms with Crippen LogP contribution >= 0.6 is 0 Å². The second-order valence-electron chi connectivity index (χ2n) is 8.20. The zero-order valence-corrected chi connectivity index (χ0v) is 27.3. The fourth-order valence-electron chi connectivity index (χ4n) is 3.05. The van der Waals surface area contributed by atoms with E-state index < -0.39 is 0 Å². The van der Waals surface area contributed by atoms with Crippen molar-refractivity contribution in [3.8, 4) is 0 Å². The Kier molecular flexibility index (Phi) is 28.8. The summed E-state index contributed by atoms with van der Waals surface area (Å²) in [6, 6.07) is 6.38. The molecule has 0 aliphatic heterocycles. The molecule has 4 heteroatoms. The van der Waals surface area contributed by atoms with E-state index in [1.54, 1.807) is 18.3 Å². The van der Waals surface area contributed by atoms with Crippen LogP contribution in [0.1, 0.15) is 131 Å². The number of carbonyl (C=O) groups excluding carboxylic acids is 1. The van der Waals surface area contributed by atoms with Crippen LogP contribution in [0, 0.1) is 18.7 Å². The fraction of sp³-hybridized carbons (Fsp3) is 0.529. The van der Waals surface area contributed by atoms with Crippen molar-refractivity contribution in [1.82, 2.24) is 4.57 Å². The van der Waals surface area contributed by atoms with E-state index in [1.807, 2.05) is 86.8 Å². The third-order valence-corrected chi connectivity index (χ3v) is 4.31. The molecule has 0 fully saturated rings. The van der Waals surface area contributed by atoms with E-state index in [4.69, 9.17) is 0 Å². The van der Waals surface area contributed by atoms with Crippen molar-refractivity contribution in [2.45, 2.75) is 117 Å². The minimum Gasteiger partial charge on any atom is -0.347 e. The lowest BCUT2D eigenvalue weighted by Crippen LogP contribution is -2.18. The molecule has 1 heterocycles. The molecular formula is C34H58FNO2. The number of aryl methyl sites for hydroxylation is 2. The zero-order valence-electron chi connectivity index (χ0n) is 27.3. The fourth-order valence-corrected chi connectivity index (χ4v) is 3.05. The molecular weight excluding hydrogens is 473 g/mol. The quantitative estimate of drug-likeness (QED) is 0.275. The number of carbonyl (C=O) groups is 1. The standard InChI is InChI=1S/C22H24FNO2.C4H10.4C2H6/c1-6-10-24-13-18(17(5)25)21(26)12-20(24)15(3)11-16(4)22-14(2)8-7-9-19(22)23;1-4(2)3;4*1-2/h7-9,11-13H,4,6,10H2,1-3,5H3;4H,1-3H3;4*1-2H3/b15-11+;;;;;. The summed E-state index contributed by atoms with van der Waals surface area (Å²) >= 11 is 0. The van der Waals surface area contributed by atoms with Crippen LogP contribution in [0.3, 0.4) is 0 Å². The summed E-state index contributed by atoms with van der Waals surface area (Å²) < 4.78 is 16.1. The Labute approximate surface area is 234 Å². The Morgan fingerprint density at radius 3 is 1.87 bits per heavy atom. The molecule has 218 valence electrons. The largest absolute Gasteiger partial charge is 0.347 e. The van der Waals surface area contributed by atoms with Crippen molar-refractivity contribution in [1.29, 1.82) is 0 Å². The van der Waals surface area contributed by atoms with Gasteiger partial charge in [-0.25, -0.2) is 4.39 Å². The summed E-state index contributed by atoms with van der Waals surface area (Å²) in [5.41, 5.74) is 3.19. The number of allylic oxidation sites excluding steroid dienone is 3. The highest BCUT2D eigenvalue weighted by Gasteiger charge is 2.13. The number of nitrogens with zero attached hydrogens (tertiary/aromatic N) is 1. The number of pyridine rings is 1. The van der Waals surface area contributed by atoms with E-state index in [1.165, 1.54) is 19.1 Å². The van der Waals surface area contributed by atoms with Crippen molar-refractivity contribution < 1.29 is 9.18 Å². The molecule has 0 bridgehead atoms. The van der Waals surface area contributed by atoms with Gasteiger partial charge in [0.25, 0.3) is 0 Å². The maximum absolute atomic E-state index is 14.2. The van der Waals surface area contributed by atoms with E-state index in [-0.39, 0.29) is 22.6 Å². The lowest BCUT2D eigenvalue weighted by atomic mass is 9.98. The number of benzene rings is 1. The summed E-state index contributed by atoms with van der Waals surface area (Å²) in [5, 5.41) is 0. The molecule has 0 saturated heterocycles. The van der Waals surface area contributed by atoms with Gasteiger partial charge >= 0.3 is 0 Å². The monoisotopic (exact) mass is 531 g/mol. The van der Waals surface area contributed by atoms with Gasteiger partial charge in [0.2, 0.25) is 0 Å². The van der Waals surface area contributed by atoms with E-state index in [0.717, 1.165) is 23.5 Å². The lowest BCUT2D eigenvalue weighted by Gasteiger charge is -2.15. The molecule has 1 aromatic heterocycles. The third-order valence-electron chi connectivity index (χ3n) is 4.31. The van der Waals surface area contributed by atoms with E-state index >= 15 is 0 Å². The molecule has 0 saturated carbocycles. The summed E-state index contributed by atoms with van der Waals surface area (Å²) in [6.07, 6.45) is 4.24. The van der Waals surface area contributed by atoms with Gasteiger partial charge in [-0.3, -0.25) is 9.59 Å². The van der Waals surface area contributed by atoms with Crippen LogP contribution in [0.5, 0.6) is 0 Å². The zero-order chi connectivity index (χ0) is 31.0. The predicted molar refractivity (Wildman–Crippen MR) is 171 cm³/mol. The molecule has 0 atom stereocenters. The van der Waals surface area contributed by atoms with E-state index in [0.29, 0.717) is 23.4 Å². The molecule has 0 aliphatic carbocycles. The van der Waals surface area contributed by atoms with Gasteiger partial charge in [0.1, 0.15) is 5.82 Å². The first kappa shape index (κ1) is 42.3. The minimum absolute atomic E-state index is 0.179. The molecule has 0 spiro atoms. The van der Waals surface area contributed by atoms with Gasteiger partial charge in [-0.15, -0.1) is 0 Å². The Morgan fingerprint density at radius 2 is 1.47 bits per heavy atom. The van der Waals surface area contributed by atoms with Crippen molar-refractivity contribution in [2.75, 3.05) is 0 Å². The molecule has 0 radical (unpaired) electrons. The highest BCUT2D eigenvalue weighted by molar-refractivity contribution is 5.94. The second-order valence-corrected chi connectivity index (χ2v) is 8.20. The number of rotatable bonds is 6. The van der Waals surface area contributed by atoms with Crippen molar-refractivity contribution >= 4 is 16.9 Å². The first-order valence-electron chi connectivity index (χ1n) is 14.4. The van der Waals surface area contributed by atoms with Crippen molar-refractivity contribution in [2.24, 2.45) is 5.92 Å². The number of hydrogen-bond acceptors (Lipinski definition) is 2. The highest BCUT2D eigenvalue weighted by atomic mass is 19.1. The maximum Gasteiger partial charge on any atom is 0.192 e. The Bertz CT molecular complexity index is 975. The summed E-state index contributed by atoms with van der Waals surface area (Å²) in [7, 11) is 0. The van der Waals surface area contributed by atoms with Crippen LogP contribution < -0.4 is 5.43 Å². The first-order chi connectivity index (χ1) is 18.0. The van der Waals surface area contributed by atoms with Crippen LogP contribution in [0.4, 0.5) is 4.39 Å². The van der Waals surface area contributed by atoms with Gasteiger partial charge in [0.05, 0.1) is 5.56 Å². The van der Waals surface area contributed by atoms with Crippen LogP contribution in [-0.4, -0.2) is 10.4 Å². The van der Waals surface area contributed by atoms with E-state index in [2.05, 4.69) is 27.4 Å². The van der Waals surface area contributed by atoms with Crippen LogP contribution in [0.2, 0.25) is 0 Å². The molecule has 3 nitrogen and oxygen atoms in total. The molecule has 0 aliphatic rings. The highest BCUT2D eigenvalue weighted by Crippen LogP contribution is 2.25. The van der Waals surface area contributed by atoms with Crippen molar-refractivity contribution in [3.05, 3.63) is 81.5 Å². The van der Waals surface area contributed by atoms with E-state index in [9.17, 15) is 14.0 Å². The molecule has 2 rings (SSSR count). The maximum atomic E-state index is 14.2. The second kappa shape index (κ2) is 25.9. The predicted octanol–water partition coefficient (Wildman–Crippen LogP) is 10.8. The number of aromatic nitrogens is 1. The molecule has 1 aromatic carbocycles. The molecule has 0 unspecified atom stereocenters. The number of halogens is 1. The lowest BCUT2D eigenvalue weighted by molar-refractivity contribution is 0.101. The third kappa shape index (κ3) is 16.2. The SMILES string of the molecule is C=C(/C=C(\C)c1cc(=O)c(C(C)=O)cn1CCC)c1c(C)cccc1F.CC.CC.CC.CC.CC(C)C. The van der Waals surface area contributed by atoms with Gasteiger partial charge in [-0.2, -0.15) is 0 Å².